The first kappa shape index (κ1) is 21.9. The van der Waals surface area contributed by atoms with Crippen LogP contribution in [-0.4, -0.2) is 37.4 Å². The van der Waals surface area contributed by atoms with Gasteiger partial charge in [0.05, 0.1) is 30.9 Å². The normalized spacial score (nSPS) is 11.5. The fraction of sp³-hybridized carbons (Fsp3) is 0.286. The van der Waals surface area contributed by atoms with Crippen LogP contribution in [0.15, 0.2) is 48.5 Å². The number of hydrogen-bond donors (Lipinski definition) is 4. The summed E-state index contributed by atoms with van der Waals surface area (Å²) in [7, 11) is 1.56. The summed E-state index contributed by atoms with van der Waals surface area (Å²) in [5.41, 5.74) is 6.97. The van der Waals surface area contributed by atoms with Crippen LogP contribution in [0.5, 0.6) is 5.75 Å². The van der Waals surface area contributed by atoms with E-state index in [4.69, 9.17) is 10.5 Å². The van der Waals surface area contributed by atoms with Crippen molar-refractivity contribution in [2.75, 3.05) is 24.3 Å². The molecule has 1 atom stereocenters. The van der Waals surface area contributed by atoms with Crippen molar-refractivity contribution in [2.45, 2.75) is 19.9 Å². The van der Waals surface area contributed by atoms with E-state index >= 15 is 0 Å². The predicted octanol–water partition coefficient (Wildman–Crippen LogP) is 1.99. The summed E-state index contributed by atoms with van der Waals surface area (Å²) in [6, 6.07) is 12.8. The van der Waals surface area contributed by atoms with Crippen LogP contribution in [0.25, 0.3) is 0 Å². The molecule has 0 aliphatic carbocycles. The lowest BCUT2D eigenvalue weighted by Gasteiger charge is -2.15. The largest absolute Gasteiger partial charge is 0.497 e. The first-order valence-corrected chi connectivity index (χ1v) is 9.19. The highest BCUT2D eigenvalue weighted by atomic mass is 16.5. The van der Waals surface area contributed by atoms with Gasteiger partial charge in [0.15, 0.2) is 0 Å². The van der Waals surface area contributed by atoms with E-state index in [2.05, 4.69) is 16.0 Å². The Morgan fingerprint density at radius 3 is 2.28 bits per heavy atom. The smallest absolute Gasteiger partial charge is 0.257 e. The van der Waals surface area contributed by atoms with Crippen molar-refractivity contribution < 1.29 is 19.1 Å². The van der Waals surface area contributed by atoms with E-state index in [1.165, 1.54) is 0 Å². The number of carbonyl (C=O) groups excluding carboxylic acids is 3. The second-order valence-corrected chi connectivity index (χ2v) is 6.76. The van der Waals surface area contributed by atoms with Crippen molar-refractivity contribution >= 4 is 29.1 Å². The van der Waals surface area contributed by atoms with Gasteiger partial charge in [-0.15, -0.1) is 0 Å². The zero-order valence-electron chi connectivity index (χ0n) is 16.7. The number of benzene rings is 2. The third kappa shape index (κ3) is 6.32. The maximum Gasteiger partial charge on any atom is 0.257 e. The van der Waals surface area contributed by atoms with Gasteiger partial charge >= 0.3 is 0 Å². The maximum atomic E-state index is 12.6. The second kappa shape index (κ2) is 10.2. The molecule has 2 aromatic carbocycles. The second-order valence-electron chi connectivity index (χ2n) is 6.76. The molecular formula is C21H26N4O4. The van der Waals surface area contributed by atoms with Crippen LogP contribution in [0.2, 0.25) is 0 Å². The molecule has 0 fully saturated rings. The molecule has 29 heavy (non-hydrogen) atoms. The number of para-hydroxylation sites is 1. The molecule has 3 amide bonds. The van der Waals surface area contributed by atoms with Crippen LogP contribution in [0.4, 0.5) is 11.4 Å². The predicted molar refractivity (Wildman–Crippen MR) is 112 cm³/mol. The summed E-state index contributed by atoms with van der Waals surface area (Å²) in [4.78, 5) is 36.7. The summed E-state index contributed by atoms with van der Waals surface area (Å²) in [5.74, 6) is -0.605. The van der Waals surface area contributed by atoms with E-state index in [1.54, 1.807) is 55.6 Å². The highest BCUT2D eigenvalue weighted by molar-refractivity contribution is 6.10. The molecule has 0 spiro atoms. The third-order valence-electron chi connectivity index (χ3n) is 4.24. The third-order valence-corrected chi connectivity index (χ3v) is 4.24. The van der Waals surface area contributed by atoms with Crippen molar-refractivity contribution in [3.63, 3.8) is 0 Å². The summed E-state index contributed by atoms with van der Waals surface area (Å²) < 4.78 is 5.09. The number of amides is 3. The Hall–Kier alpha value is -3.39. The molecule has 154 valence electrons. The zero-order valence-corrected chi connectivity index (χ0v) is 16.7. The average Bonchev–Trinajstić information content (AvgIpc) is 2.72. The molecule has 0 aromatic heterocycles. The lowest BCUT2D eigenvalue weighted by molar-refractivity contribution is -0.125. The van der Waals surface area contributed by atoms with E-state index in [0.29, 0.717) is 22.7 Å². The highest BCUT2D eigenvalue weighted by Crippen LogP contribution is 2.19. The van der Waals surface area contributed by atoms with E-state index in [9.17, 15) is 14.4 Å². The molecule has 0 heterocycles. The van der Waals surface area contributed by atoms with E-state index in [-0.39, 0.29) is 18.4 Å². The minimum absolute atomic E-state index is 0.0413. The van der Waals surface area contributed by atoms with E-state index < -0.39 is 17.9 Å². The van der Waals surface area contributed by atoms with Gasteiger partial charge in [0.25, 0.3) is 5.91 Å². The fourth-order valence-corrected chi connectivity index (χ4v) is 2.45. The molecule has 8 heteroatoms. The van der Waals surface area contributed by atoms with Crippen LogP contribution < -0.4 is 26.4 Å². The summed E-state index contributed by atoms with van der Waals surface area (Å²) in [6.45, 7) is 3.40. The van der Waals surface area contributed by atoms with Gasteiger partial charge in [-0.1, -0.05) is 26.0 Å². The van der Waals surface area contributed by atoms with Gasteiger partial charge in [0.1, 0.15) is 5.75 Å². The van der Waals surface area contributed by atoms with Gasteiger partial charge in [-0.3, -0.25) is 14.4 Å². The van der Waals surface area contributed by atoms with Gasteiger partial charge in [0.2, 0.25) is 11.8 Å². The van der Waals surface area contributed by atoms with Crippen molar-refractivity contribution in [1.29, 1.82) is 0 Å². The molecule has 5 N–H and O–H groups in total. The minimum Gasteiger partial charge on any atom is -0.497 e. The number of ether oxygens (including phenoxy) is 1. The first-order valence-electron chi connectivity index (χ1n) is 9.19. The zero-order chi connectivity index (χ0) is 21.4. The van der Waals surface area contributed by atoms with Crippen LogP contribution >= 0.6 is 0 Å². The number of hydrogen-bond acceptors (Lipinski definition) is 5. The van der Waals surface area contributed by atoms with E-state index in [0.717, 1.165) is 0 Å². The molecular weight excluding hydrogens is 372 g/mol. The first-order chi connectivity index (χ1) is 13.8. The molecule has 0 saturated heterocycles. The summed E-state index contributed by atoms with van der Waals surface area (Å²) >= 11 is 0. The Kier molecular flexibility index (Phi) is 7.73. The Labute approximate surface area is 169 Å². The molecule has 0 radical (unpaired) electrons. The number of anilines is 2. The van der Waals surface area contributed by atoms with Gasteiger partial charge in [-0.2, -0.15) is 0 Å². The monoisotopic (exact) mass is 398 g/mol. The van der Waals surface area contributed by atoms with Gasteiger partial charge in [-0.25, -0.2) is 0 Å². The quantitative estimate of drug-likeness (QED) is 0.542. The number of nitrogens with two attached hydrogens (primary N) is 1. The fourth-order valence-electron chi connectivity index (χ4n) is 2.45. The van der Waals surface area contributed by atoms with Crippen LogP contribution in [-0.2, 0) is 9.59 Å². The summed E-state index contributed by atoms with van der Waals surface area (Å²) in [5, 5.41) is 7.91. The molecule has 0 aliphatic rings. The molecule has 8 nitrogen and oxygen atoms in total. The number of carbonyl (C=O) groups is 3. The molecule has 0 saturated carbocycles. The Balaban J connectivity index is 2.01. The lowest BCUT2D eigenvalue weighted by atomic mass is 10.1. The SMILES string of the molecule is COc1ccc(NC(=O)c2ccccc2NC(=O)CNC(=O)[C@@H](N)C(C)C)cc1. The standard InChI is InChI=1S/C21H26N4O4/c1-13(2)19(22)21(28)23-12-18(26)25-17-7-5-4-6-16(17)20(27)24-14-8-10-15(29-3)11-9-14/h4-11,13,19H,12,22H2,1-3H3,(H,23,28)(H,24,27)(H,25,26)/t19-/m0/s1. The van der Waals surface area contributed by atoms with Crippen molar-refractivity contribution in [1.82, 2.24) is 5.32 Å². The van der Waals surface area contributed by atoms with Crippen molar-refractivity contribution in [3.8, 4) is 5.75 Å². The maximum absolute atomic E-state index is 12.6. The minimum atomic E-state index is -0.689. The molecule has 0 unspecified atom stereocenters. The summed E-state index contributed by atoms with van der Waals surface area (Å²) in [6.07, 6.45) is 0. The molecule has 2 rings (SSSR count). The Morgan fingerprint density at radius 1 is 1.00 bits per heavy atom. The van der Waals surface area contributed by atoms with E-state index in [1.807, 2.05) is 13.8 Å². The van der Waals surface area contributed by atoms with Crippen LogP contribution in [0, 0.1) is 5.92 Å². The van der Waals surface area contributed by atoms with Crippen molar-refractivity contribution in [3.05, 3.63) is 54.1 Å². The van der Waals surface area contributed by atoms with Crippen LogP contribution in [0.1, 0.15) is 24.2 Å². The lowest BCUT2D eigenvalue weighted by Crippen LogP contribution is -2.46. The molecule has 2 aromatic rings. The number of rotatable bonds is 8. The highest BCUT2D eigenvalue weighted by Gasteiger charge is 2.18. The van der Waals surface area contributed by atoms with Gasteiger partial charge < -0.3 is 26.4 Å². The van der Waals surface area contributed by atoms with Crippen LogP contribution in [0.3, 0.4) is 0 Å². The average molecular weight is 398 g/mol. The van der Waals surface area contributed by atoms with Gasteiger partial charge in [-0.05, 0) is 42.3 Å². The number of nitrogens with one attached hydrogen (secondary N) is 3. The topological polar surface area (TPSA) is 123 Å². The number of methoxy groups -OCH3 is 1. The molecule has 0 aliphatic heterocycles. The Morgan fingerprint density at radius 2 is 1.66 bits per heavy atom. The van der Waals surface area contributed by atoms with Gasteiger partial charge in [0, 0.05) is 5.69 Å². The van der Waals surface area contributed by atoms with Crippen molar-refractivity contribution in [2.24, 2.45) is 11.7 Å². The molecule has 0 bridgehead atoms. The Bertz CT molecular complexity index is 865.